The molecule has 1 aromatic rings. The molecule has 0 saturated carbocycles. The van der Waals surface area contributed by atoms with E-state index < -0.39 is 0 Å². The molecule has 0 aliphatic carbocycles. The minimum atomic E-state index is -0.367. The summed E-state index contributed by atoms with van der Waals surface area (Å²) in [5.41, 5.74) is 0.645. The Kier molecular flexibility index (Phi) is 5.07. The van der Waals surface area contributed by atoms with Crippen LogP contribution in [0.2, 0.25) is 0 Å². The van der Waals surface area contributed by atoms with Gasteiger partial charge in [0.1, 0.15) is 5.69 Å². The van der Waals surface area contributed by atoms with Gasteiger partial charge in [0, 0.05) is 25.2 Å². The normalized spacial score (nSPS) is 17.9. The van der Waals surface area contributed by atoms with Gasteiger partial charge in [-0.15, -0.1) is 0 Å². The van der Waals surface area contributed by atoms with Crippen LogP contribution in [0, 0.1) is 10.1 Å². The van der Waals surface area contributed by atoms with Crippen LogP contribution in [0.3, 0.4) is 0 Å². The number of anilines is 1. The first-order valence-corrected chi connectivity index (χ1v) is 7.37. The molecule has 7 heteroatoms. The highest BCUT2D eigenvalue weighted by Crippen LogP contribution is 2.40. The number of nitrogens with zero attached hydrogens (tertiary/aromatic N) is 3. The molecule has 0 aromatic heterocycles. The van der Waals surface area contributed by atoms with Gasteiger partial charge in [-0.25, -0.2) is 0 Å². The number of rotatable bonds is 6. The maximum Gasteiger partial charge on any atom is 0.296 e. The molecule has 22 heavy (non-hydrogen) atoms. The van der Waals surface area contributed by atoms with Crippen LogP contribution in [0.4, 0.5) is 11.4 Å². The molecule has 7 nitrogen and oxygen atoms in total. The number of nitro benzene ring substituents is 1. The molecule has 1 unspecified atom stereocenters. The highest BCUT2D eigenvalue weighted by molar-refractivity contribution is 5.70. The van der Waals surface area contributed by atoms with Crippen LogP contribution in [0.5, 0.6) is 11.5 Å². The Balaban J connectivity index is 2.35. The fourth-order valence-corrected chi connectivity index (χ4v) is 2.84. The minimum Gasteiger partial charge on any atom is -0.493 e. The zero-order chi connectivity index (χ0) is 16.3. The molecule has 0 amide bonds. The van der Waals surface area contributed by atoms with Crippen LogP contribution in [0.1, 0.15) is 13.3 Å². The first-order chi connectivity index (χ1) is 10.5. The Morgan fingerprint density at radius 1 is 1.36 bits per heavy atom. The van der Waals surface area contributed by atoms with Crippen LogP contribution in [-0.2, 0) is 0 Å². The molecular weight excluding hydrogens is 286 g/mol. The second kappa shape index (κ2) is 6.83. The molecule has 1 aromatic carbocycles. The van der Waals surface area contributed by atoms with E-state index in [-0.39, 0.29) is 10.6 Å². The molecule has 1 aliphatic rings. The summed E-state index contributed by atoms with van der Waals surface area (Å²) in [5, 5.41) is 11.4. The van der Waals surface area contributed by atoms with Crippen molar-refractivity contribution in [3.8, 4) is 11.5 Å². The summed E-state index contributed by atoms with van der Waals surface area (Å²) in [5.74, 6) is 0.884. The van der Waals surface area contributed by atoms with Gasteiger partial charge in [0.2, 0.25) is 0 Å². The summed E-state index contributed by atoms with van der Waals surface area (Å²) in [4.78, 5) is 15.3. The van der Waals surface area contributed by atoms with E-state index in [0.717, 1.165) is 26.1 Å². The van der Waals surface area contributed by atoms with E-state index in [0.29, 0.717) is 23.2 Å². The number of nitro groups is 1. The zero-order valence-corrected chi connectivity index (χ0v) is 13.5. The fourth-order valence-electron chi connectivity index (χ4n) is 2.84. The van der Waals surface area contributed by atoms with E-state index in [9.17, 15) is 10.1 Å². The third-order valence-electron chi connectivity index (χ3n) is 4.30. The van der Waals surface area contributed by atoms with Gasteiger partial charge < -0.3 is 19.3 Å². The highest BCUT2D eigenvalue weighted by Gasteiger charge is 2.30. The van der Waals surface area contributed by atoms with Crippen molar-refractivity contribution in [2.45, 2.75) is 19.4 Å². The number of methoxy groups -OCH3 is 2. The van der Waals surface area contributed by atoms with Crippen LogP contribution in [-0.4, -0.2) is 56.8 Å². The van der Waals surface area contributed by atoms with E-state index in [1.54, 1.807) is 6.07 Å². The van der Waals surface area contributed by atoms with Crippen molar-refractivity contribution in [1.82, 2.24) is 4.90 Å². The molecule has 0 radical (unpaired) electrons. The standard InChI is InChI=1S/C15H23N3O4/c1-5-16(2)11-6-7-17(10-11)12-8-14(21-3)15(22-4)9-13(12)18(19)20/h8-9,11H,5-7,10H2,1-4H3. The summed E-state index contributed by atoms with van der Waals surface area (Å²) in [6.07, 6.45) is 0.996. The maximum absolute atomic E-state index is 11.4. The third-order valence-corrected chi connectivity index (χ3v) is 4.30. The quantitative estimate of drug-likeness (QED) is 0.592. The lowest BCUT2D eigenvalue weighted by Crippen LogP contribution is -2.34. The molecule has 122 valence electrons. The van der Waals surface area contributed by atoms with Crippen LogP contribution in [0.25, 0.3) is 0 Å². The van der Waals surface area contributed by atoms with E-state index in [4.69, 9.17) is 9.47 Å². The Bertz CT molecular complexity index is 550. The van der Waals surface area contributed by atoms with Crippen molar-refractivity contribution in [2.24, 2.45) is 0 Å². The Hall–Kier alpha value is -2.02. The highest BCUT2D eigenvalue weighted by atomic mass is 16.6. The molecule has 1 aliphatic heterocycles. The van der Waals surface area contributed by atoms with Crippen molar-refractivity contribution in [2.75, 3.05) is 45.8 Å². The number of likely N-dealkylation sites (N-methyl/N-ethyl adjacent to an activating group) is 1. The number of hydrogen-bond donors (Lipinski definition) is 0. The van der Waals surface area contributed by atoms with Crippen molar-refractivity contribution in [3.05, 3.63) is 22.2 Å². The molecule has 0 spiro atoms. The molecule has 1 atom stereocenters. The molecular formula is C15H23N3O4. The molecule has 0 bridgehead atoms. The van der Waals surface area contributed by atoms with E-state index >= 15 is 0 Å². The number of ether oxygens (including phenoxy) is 2. The Labute approximate surface area is 130 Å². The maximum atomic E-state index is 11.4. The average molecular weight is 309 g/mol. The predicted molar refractivity (Wildman–Crippen MR) is 85.1 cm³/mol. The smallest absolute Gasteiger partial charge is 0.296 e. The van der Waals surface area contributed by atoms with Gasteiger partial charge in [-0.05, 0) is 20.0 Å². The van der Waals surface area contributed by atoms with E-state index in [2.05, 4.69) is 23.8 Å². The van der Waals surface area contributed by atoms with Gasteiger partial charge in [-0.2, -0.15) is 0 Å². The van der Waals surface area contributed by atoms with Gasteiger partial charge >= 0.3 is 0 Å². The summed E-state index contributed by atoms with van der Waals surface area (Å²) >= 11 is 0. The largest absolute Gasteiger partial charge is 0.493 e. The Morgan fingerprint density at radius 2 is 2.00 bits per heavy atom. The van der Waals surface area contributed by atoms with E-state index in [1.165, 1.54) is 20.3 Å². The van der Waals surface area contributed by atoms with Gasteiger partial charge in [-0.3, -0.25) is 10.1 Å². The first kappa shape index (κ1) is 16.4. The number of hydrogen-bond acceptors (Lipinski definition) is 6. The topological polar surface area (TPSA) is 68.1 Å². The van der Waals surface area contributed by atoms with Crippen LogP contribution < -0.4 is 14.4 Å². The SMILES string of the molecule is CCN(C)C1CCN(c2cc(OC)c(OC)cc2[N+](=O)[O-])C1. The van der Waals surface area contributed by atoms with Crippen molar-refractivity contribution in [1.29, 1.82) is 0 Å². The Morgan fingerprint density at radius 3 is 2.55 bits per heavy atom. The van der Waals surface area contributed by atoms with Gasteiger partial charge in [0.25, 0.3) is 5.69 Å². The summed E-state index contributed by atoms with van der Waals surface area (Å²) in [6.45, 7) is 4.65. The average Bonchev–Trinajstić information content (AvgIpc) is 3.02. The summed E-state index contributed by atoms with van der Waals surface area (Å²) in [6, 6.07) is 3.55. The van der Waals surface area contributed by atoms with Crippen LogP contribution in [0.15, 0.2) is 12.1 Å². The van der Waals surface area contributed by atoms with Crippen molar-refractivity contribution < 1.29 is 14.4 Å². The zero-order valence-electron chi connectivity index (χ0n) is 13.5. The second-order valence-electron chi connectivity index (χ2n) is 5.41. The summed E-state index contributed by atoms with van der Waals surface area (Å²) in [7, 11) is 5.09. The van der Waals surface area contributed by atoms with Crippen LogP contribution >= 0.6 is 0 Å². The third kappa shape index (κ3) is 3.09. The fraction of sp³-hybridized carbons (Fsp3) is 0.600. The number of benzene rings is 1. The van der Waals surface area contributed by atoms with Gasteiger partial charge in [-0.1, -0.05) is 6.92 Å². The lowest BCUT2D eigenvalue weighted by molar-refractivity contribution is -0.384. The van der Waals surface area contributed by atoms with Crippen molar-refractivity contribution in [3.63, 3.8) is 0 Å². The lowest BCUT2D eigenvalue weighted by atomic mass is 10.2. The molecule has 2 rings (SSSR count). The second-order valence-corrected chi connectivity index (χ2v) is 5.41. The molecule has 1 saturated heterocycles. The minimum absolute atomic E-state index is 0.0532. The molecule has 1 fully saturated rings. The van der Waals surface area contributed by atoms with E-state index in [1.807, 2.05) is 0 Å². The lowest BCUT2D eigenvalue weighted by Gasteiger charge is -2.24. The summed E-state index contributed by atoms with van der Waals surface area (Å²) < 4.78 is 10.4. The van der Waals surface area contributed by atoms with Crippen molar-refractivity contribution >= 4 is 11.4 Å². The monoisotopic (exact) mass is 309 g/mol. The first-order valence-electron chi connectivity index (χ1n) is 7.37. The molecule has 0 N–H and O–H groups in total. The molecule has 1 heterocycles. The van der Waals surface area contributed by atoms with Gasteiger partial charge in [0.05, 0.1) is 25.2 Å². The van der Waals surface area contributed by atoms with Gasteiger partial charge in [0.15, 0.2) is 11.5 Å². The predicted octanol–water partition coefficient (Wildman–Crippen LogP) is 2.14.